The Bertz CT molecular complexity index is 619. The summed E-state index contributed by atoms with van der Waals surface area (Å²) < 4.78 is 0. The molecule has 136 valence electrons. The number of amides is 3. The highest BCUT2D eigenvalue weighted by atomic mass is 16.2. The summed E-state index contributed by atoms with van der Waals surface area (Å²) in [4.78, 5) is 27.8. The molecule has 1 aromatic rings. The van der Waals surface area contributed by atoms with Crippen LogP contribution in [0.5, 0.6) is 0 Å². The van der Waals surface area contributed by atoms with Crippen LogP contribution in [-0.2, 0) is 4.79 Å². The Kier molecular flexibility index (Phi) is 5.91. The van der Waals surface area contributed by atoms with Gasteiger partial charge in [-0.15, -0.1) is 0 Å². The summed E-state index contributed by atoms with van der Waals surface area (Å²) in [5.74, 6) is 0.513. The van der Waals surface area contributed by atoms with Gasteiger partial charge < -0.3 is 20.4 Å². The first-order valence-electron chi connectivity index (χ1n) is 9.21. The van der Waals surface area contributed by atoms with Gasteiger partial charge in [-0.3, -0.25) is 4.79 Å². The van der Waals surface area contributed by atoms with Crippen LogP contribution in [0.3, 0.4) is 0 Å². The lowest BCUT2D eigenvalue weighted by molar-refractivity contribution is -0.121. The zero-order chi connectivity index (χ0) is 17.6. The van der Waals surface area contributed by atoms with Crippen LogP contribution < -0.4 is 10.6 Å². The minimum absolute atomic E-state index is 0.0757. The van der Waals surface area contributed by atoms with Crippen molar-refractivity contribution in [3.63, 3.8) is 0 Å². The number of carbonyl (C=O) groups excluding carboxylic acids is 2. The van der Waals surface area contributed by atoms with E-state index in [1.54, 1.807) is 4.90 Å². The highest BCUT2D eigenvalue weighted by Gasteiger charge is 2.25. The third-order valence-electron chi connectivity index (χ3n) is 5.15. The topological polar surface area (TPSA) is 64.7 Å². The molecule has 0 spiro atoms. The number of urea groups is 1. The first kappa shape index (κ1) is 17.7. The molecule has 0 saturated carbocycles. The van der Waals surface area contributed by atoms with E-state index in [4.69, 9.17) is 0 Å². The van der Waals surface area contributed by atoms with Crippen molar-refractivity contribution < 1.29 is 9.59 Å². The number of aryl methyl sites for hydroxylation is 1. The van der Waals surface area contributed by atoms with Crippen LogP contribution in [0, 0.1) is 6.92 Å². The number of hydrogen-bond acceptors (Lipinski definition) is 3. The molecule has 2 fully saturated rings. The quantitative estimate of drug-likeness (QED) is 0.866. The summed E-state index contributed by atoms with van der Waals surface area (Å²) >= 11 is 0. The Balaban J connectivity index is 1.41. The Morgan fingerprint density at radius 2 is 2.16 bits per heavy atom. The van der Waals surface area contributed by atoms with Gasteiger partial charge in [0.25, 0.3) is 0 Å². The van der Waals surface area contributed by atoms with Crippen molar-refractivity contribution in [2.45, 2.75) is 25.7 Å². The minimum Gasteiger partial charge on any atom is -0.354 e. The molecule has 0 unspecified atom stereocenters. The molecule has 0 bridgehead atoms. The Labute approximate surface area is 149 Å². The van der Waals surface area contributed by atoms with Gasteiger partial charge in [-0.05, 0) is 43.4 Å². The second-order valence-electron chi connectivity index (χ2n) is 7.00. The zero-order valence-corrected chi connectivity index (χ0v) is 15.0. The predicted octanol–water partition coefficient (Wildman–Crippen LogP) is 1.32. The smallest absolute Gasteiger partial charge is 0.317 e. The van der Waals surface area contributed by atoms with Gasteiger partial charge in [0, 0.05) is 32.7 Å². The molecule has 6 heteroatoms. The number of benzene rings is 1. The van der Waals surface area contributed by atoms with Gasteiger partial charge in [-0.25, -0.2) is 4.79 Å². The Morgan fingerprint density at radius 3 is 3.00 bits per heavy atom. The summed E-state index contributed by atoms with van der Waals surface area (Å²) in [6, 6.07) is 8.48. The van der Waals surface area contributed by atoms with E-state index in [1.165, 1.54) is 17.5 Å². The van der Waals surface area contributed by atoms with Crippen LogP contribution in [0.1, 0.15) is 29.9 Å². The molecular formula is C19H28N4O2. The van der Waals surface area contributed by atoms with E-state index in [0.717, 1.165) is 26.1 Å². The van der Waals surface area contributed by atoms with E-state index in [9.17, 15) is 9.59 Å². The lowest BCUT2D eigenvalue weighted by Gasteiger charge is -2.21. The molecule has 3 rings (SSSR count). The largest absolute Gasteiger partial charge is 0.354 e. The minimum atomic E-state index is -0.133. The molecule has 0 aliphatic carbocycles. The summed E-state index contributed by atoms with van der Waals surface area (Å²) in [5, 5.41) is 5.75. The van der Waals surface area contributed by atoms with Gasteiger partial charge in [0.15, 0.2) is 0 Å². The number of likely N-dealkylation sites (tertiary alicyclic amines) is 1. The lowest BCUT2D eigenvalue weighted by Crippen LogP contribution is -2.45. The first-order chi connectivity index (χ1) is 12.1. The first-order valence-corrected chi connectivity index (χ1v) is 9.21. The van der Waals surface area contributed by atoms with Crippen molar-refractivity contribution in [1.29, 1.82) is 0 Å². The van der Waals surface area contributed by atoms with Crippen LogP contribution in [0.25, 0.3) is 0 Å². The molecule has 1 aromatic carbocycles. The summed E-state index contributed by atoms with van der Waals surface area (Å²) in [7, 11) is 0. The third kappa shape index (κ3) is 4.72. The maximum atomic E-state index is 12.2. The third-order valence-corrected chi connectivity index (χ3v) is 5.15. The van der Waals surface area contributed by atoms with Gasteiger partial charge in [0.05, 0.1) is 0 Å². The number of nitrogens with one attached hydrogen (secondary N) is 2. The van der Waals surface area contributed by atoms with Crippen molar-refractivity contribution in [3.05, 3.63) is 35.4 Å². The van der Waals surface area contributed by atoms with Gasteiger partial charge >= 0.3 is 6.03 Å². The van der Waals surface area contributed by atoms with E-state index < -0.39 is 0 Å². The van der Waals surface area contributed by atoms with Crippen LogP contribution in [0.2, 0.25) is 0 Å². The number of carbonyl (C=O) groups is 2. The molecule has 2 heterocycles. The molecule has 2 aliphatic rings. The maximum absolute atomic E-state index is 12.2. The fourth-order valence-corrected chi connectivity index (χ4v) is 3.75. The second-order valence-corrected chi connectivity index (χ2v) is 7.00. The Morgan fingerprint density at radius 1 is 1.32 bits per heavy atom. The average molecular weight is 344 g/mol. The summed E-state index contributed by atoms with van der Waals surface area (Å²) in [6.07, 6.45) is 1.98. The van der Waals surface area contributed by atoms with E-state index >= 15 is 0 Å². The maximum Gasteiger partial charge on any atom is 0.317 e. The van der Waals surface area contributed by atoms with E-state index in [0.29, 0.717) is 25.6 Å². The summed E-state index contributed by atoms with van der Waals surface area (Å²) in [6.45, 7) is 7.21. The van der Waals surface area contributed by atoms with Crippen LogP contribution >= 0.6 is 0 Å². The second kappa shape index (κ2) is 8.34. The molecule has 25 heavy (non-hydrogen) atoms. The molecule has 0 radical (unpaired) electrons. The van der Waals surface area contributed by atoms with Crippen molar-refractivity contribution >= 4 is 11.9 Å². The highest BCUT2D eigenvalue weighted by molar-refractivity contribution is 5.84. The van der Waals surface area contributed by atoms with Gasteiger partial charge in [0.2, 0.25) is 5.91 Å². The normalized spacial score (nSPS) is 21.7. The number of rotatable bonds is 4. The number of hydrogen-bond donors (Lipinski definition) is 2. The molecule has 2 N–H and O–H groups in total. The van der Waals surface area contributed by atoms with Crippen LogP contribution in [0.15, 0.2) is 24.3 Å². The zero-order valence-electron chi connectivity index (χ0n) is 15.0. The van der Waals surface area contributed by atoms with Crippen molar-refractivity contribution in [2.24, 2.45) is 0 Å². The van der Waals surface area contributed by atoms with E-state index in [2.05, 4.69) is 46.7 Å². The SMILES string of the molecule is Cc1ccccc1[C@@H]1CCN(CCNC(=O)N2CCCNC(=O)C2)C1. The fourth-order valence-electron chi connectivity index (χ4n) is 3.75. The van der Waals surface area contributed by atoms with Crippen LogP contribution in [0.4, 0.5) is 4.79 Å². The fraction of sp³-hybridized carbons (Fsp3) is 0.579. The molecule has 3 amide bonds. The van der Waals surface area contributed by atoms with Crippen molar-refractivity contribution in [3.8, 4) is 0 Å². The van der Waals surface area contributed by atoms with Crippen LogP contribution in [-0.4, -0.2) is 67.6 Å². The van der Waals surface area contributed by atoms with E-state index in [-0.39, 0.29) is 18.5 Å². The molecular weight excluding hydrogens is 316 g/mol. The predicted molar refractivity (Wildman–Crippen MR) is 97.6 cm³/mol. The van der Waals surface area contributed by atoms with Gasteiger partial charge in [-0.2, -0.15) is 0 Å². The molecule has 6 nitrogen and oxygen atoms in total. The van der Waals surface area contributed by atoms with E-state index in [1.807, 2.05) is 0 Å². The monoisotopic (exact) mass is 344 g/mol. The standard InChI is InChI=1S/C19H28N4O2/c1-15-5-2-3-6-17(15)16-7-11-22(13-16)12-9-21-19(25)23-10-4-8-20-18(24)14-23/h2-3,5-6,16H,4,7-14H2,1H3,(H,20,24)(H,21,25)/t16-/m1/s1. The molecule has 0 aromatic heterocycles. The molecule has 1 atom stereocenters. The van der Waals surface area contributed by atoms with Gasteiger partial charge in [-0.1, -0.05) is 24.3 Å². The summed E-state index contributed by atoms with van der Waals surface area (Å²) in [5.41, 5.74) is 2.81. The van der Waals surface area contributed by atoms with Crippen molar-refractivity contribution in [2.75, 3.05) is 45.8 Å². The molecule has 2 aliphatic heterocycles. The van der Waals surface area contributed by atoms with Crippen molar-refractivity contribution in [1.82, 2.24) is 20.4 Å². The highest BCUT2D eigenvalue weighted by Crippen LogP contribution is 2.28. The van der Waals surface area contributed by atoms with Gasteiger partial charge in [0.1, 0.15) is 6.54 Å². The lowest BCUT2D eigenvalue weighted by atomic mass is 9.94. The average Bonchev–Trinajstić information content (AvgIpc) is 2.95. The molecule has 2 saturated heterocycles. The number of nitrogens with zero attached hydrogens (tertiary/aromatic N) is 2. The Hall–Kier alpha value is -2.08.